The van der Waals surface area contributed by atoms with Gasteiger partial charge in [-0.2, -0.15) is 0 Å². The Hall–Kier alpha value is -2.86. The minimum absolute atomic E-state index is 0.249. The van der Waals surface area contributed by atoms with Gasteiger partial charge in [-0.1, -0.05) is 37.6 Å². The van der Waals surface area contributed by atoms with Gasteiger partial charge in [0, 0.05) is 16.9 Å². The van der Waals surface area contributed by atoms with E-state index in [2.05, 4.69) is 16.5 Å². The quantitative estimate of drug-likeness (QED) is 0.441. The predicted molar refractivity (Wildman–Crippen MR) is 112 cm³/mol. The van der Waals surface area contributed by atoms with E-state index in [-0.39, 0.29) is 11.7 Å². The molecule has 0 bridgehead atoms. The molecule has 0 radical (unpaired) electrons. The molecule has 0 aliphatic heterocycles. The van der Waals surface area contributed by atoms with E-state index < -0.39 is 0 Å². The first kappa shape index (κ1) is 19.9. The molecule has 0 saturated carbocycles. The van der Waals surface area contributed by atoms with Crippen molar-refractivity contribution in [3.05, 3.63) is 69.9 Å². The highest BCUT2D eigenvalue weighted by Crippen LogP contribution is 2.26. The van der Waals surface area contributed by atoms with E-state index in [0.29, 0.717) is 12.1 Å². The molecule has 0 aliphatic carbocycles. The minimum atomic E-state index is -0.382. The Kier molecular flexibility index (Phi) is 6.66. The zero-order valence-corrected chi connectivity index (χ0v) is 16.9. The highest BCUT2D eigenvalue weighted by Gasteiger charge is 2.17. The van der Waals surface area contributed by atoms with Crippen LogP contribution in [0.25, 0.3) is 11.6 Å². The van der Waals surface area contributed by atoms with Gasteiger partial charge in [0.1, 0.15) is 11.6 Å². The van der Waals surface area contributed by atoms with Crippen LogP contribution in [0.5, 0.6) is 5.75 Å². The summed E-state index contributed by atoms with van der Waals surface area (Å²) in [4.78, 5) is 17.8. The third-order valence-corrected chi connectivity index (χ3v) is 5.43. The van der Waals surface area contributed by atoms with Gasteiger partial charge >= 0.3 is 5.97 Å². The lowest BCUT2D eigenvalue weighted by Crippen LogP contribution is -2.09. The molecule has 3 rings (SSSR count). The highest BCUT2D eigenvalue weighted by atomic mass is 32.1. The number of hydrogen-bond acceptors (Lipinski definition) is 5. The Balaban J connectivity index is 2.05. The molecule has 146 valence electrons. The fourth-order valence-corrected chi connectivity index (χ4v) is 3.73. The number of thiophene rings is 1. The number of phenolic OH excluding ortho intramolecular Hbond substituents is 1. The number of carbonyl (C=O) groups is 1. The van der Waals surface area contributed by atoms with Gasteiger partial charge in [-0.3, -0.25) is 0 Å². The summed E-state index contributed by atoms with van der Waals surface area (Å²) in [6.07, 6.45) is 6.53. The van der Waals surface area contributed by atoms with Crippen LogP contribution >= 0.6 is 11.3 Å². The molecule has 0 spiro atoms. The Morgan fingerprint density at radius 3 is 2.79 bits per heavy atom. The minimum Gasteiger partial charge on any atom is -0.508 e. The van der Waals surface area contributed by atoms with Crippen LogP contribution in [-0.2, 0) is 22.5 Å². The number of methoxy groups -OCH3 is 1. The lowest BCUT2D eigenvalue weighted by molar-refractivity contribution is -0.133. The van der Waals surface area contributed by atoms with Crippen molar-refractivity contribution in [2.75, 3.05) is 7.11 Å². The predicted octanol–water partition coefficient (Wildman–Crippen LogP) is 4.75. The number of esters is 1. The standard InChI is InChI=1S/C22H24N2O3S/c1-3-4-11-21-23-14-17(24(21)15-16-8-5-6-9-19(16)25)13-18(22(26)27-2)20-10-7-12-28-20/h5-10,12-14,25H,3-4,11,15H2,1-2H3. The average molecular weight is 397 g/mol. The number of para-hydroxylation sites is 1. The third-order valence-electron chi connectivity index (χ3n) is 4.53. The van der Waals surface area contributed by atoms with Crippen LogP contribution in [0.3, 0.4) is 0 Å². The number of aryl methyl sites for hydroxylation is 1. The summed E-state index contributed by atoms with van der Waals surface area (Å²) in [6, 6.07) is 11.1. The van der Waals surface area contributed by atoms with E-state index in [9.17, 15) is 9.90 Å². The summed E-state index contributed by atoms with van der Waals surface area (Å²) in [5.41, 5.74) is 2.12. The van der Waals surface area contributed by atoms with Crippen molar-refractivity contribution >= 4 is 29.0 Å². The summed E-state index contributed by atoms with van der Waals surface area (Å²) >= 11 is 1.49. The van der Waals surface area contributed by atoms with Crippen LogP contribution < -0.4 is 0 Å². The number of benzene rings is 1. The highest BCUT2D eigenvalue weighted by molar-refractivity contribution is 7.11. The summed E-state index contributed by atoms with van der Waals surface area (Å²) in [5, 5.41) is 12.1. The average Bonchev–Trinajstić information content (AvgIpc) is 3.36. The van der Waals surface area contributed by atoms with Crippen molar-refractivity contribution in [3.8, 4) is 5.75 Å². The number of aromatic nitrogens is 2. The third kappa shape index (κ3) is 4.51. The second kappa shape index (κ2) is 9.37. The summed E-state index contributed by atoms with van der Waals surface area (Å²) < 4.78 is 7.04. The molecule has 2 heterocycles. The van der Waals surface area contributed by atoms with Crippen molar-refractivity contribution in [2.45, 2.75) is 32.7 Å². The zero-order valence-electron chi connectivity index (χ0n) is 16.1. The van der Waals surface area contributed by atoms with Gasteiger partial charge in [-0.25, -0.2) is 9.78 Å². The van der Waals surface area contributed by atoms with E-state index in [0.717, 1.165) is 41.2 Å². The number of hydrogen-bond donors (Lipinski definition) is 1. The molecule has 0 unspecified atom stereocenters. The smallest absolute Gasteiger partial charge is 0.339 e. The van der Waals surface area contributed by atoms with Crippen molar-refractivity contribution in [1.29, 1.82) is 0 Å². The van der Waals surface area contributed by atoms with Gasteiger partial charge in [-0.05, 0) is 30.0 Å². The number of unbranched alkanes of at least 4 members (excludes halogenated alkanes) is 1. The number of carbonyl (C=O) groups excluding carboxylic acids is 1. The summed E-state index contributed by atoms with van der Waals surface area (Å²) in [6.45, 7) is 2.62. The molecule has 1 aromatic carbocycles. The van der Waals surface area contributed by atoms with E-state index in [1.54, 1.807) is 18.3 Å². The van der Waals surface area contributed by atoms with Crippen LogP contribution in [-0.4, -0.2) is 27.7 Å². The molecule has 0 saturated heterocycles. The van der Waals surface area contributed by atoms with Crippen molar-refractivity contribution in [1.82, 2.24) is 9.55 Å². The van der Waals surface area contributed by atoms with Gasteiger partial charge in [-0.15, -0.1) is 11.3 Å². The van der Waals surface area contributed by atoms with Gasteiger partial charge in [0.25, 0.3) is 0 Å². The van der Waals surface area contributed by atoms with Gasteiger partial charge < -0.3 is 14.4 Å². The molecule has 6 heteroatoms. The Bertz CT molecular complexity index is 958. The molecule has 1 N–H and O–H groups in total. The topological polar surface area (TPSA) is 64.3 Å². The fraction of sp³-hybridized carbons (Fsp3) is 0.273. The lowest BCUT2D eigenvalue weighted by Gasteiger charge is -2.12. The number of nitrogens with zero attached hydrogens (tertiary/aromatic N) is 2. The Labute approximate surface area is 168 Å². The summed E-state index contributed by atoms with van der Waals surface area (Å²) in [7, 11) is 1.38. The second-order valence-corrected chi connectivity index (χ2v) is 7.39. The maximum atomic E-state index is 12.4. The molecule has 28 heavy (non-hydrogen) atoms. The number of imidazole rings is 1. The Morgan fingerprint density at radius 1 is 1.29 bits per heavy atom. The molecular weight excluding hydrogens is 372 g/mol. The number of phenols is 1. The van der Waals surface area contributed by atoms with E-state index in [1.165, 1.54) is 18.4 Å². The van der Waals surface area contributed by atoms with Crippen molar-refractivity contribution in [2.24, 2.45) is 0 Å². The van der Waals surface area contributed by atoms with Gasteiger partial charge in [0.05, 0.1) is 31.1 Å². The van der Waals surface area contributed by atoms with Crippen LogP contribution in [0.15, 0.2) is 48.0 Å². The molecule has 0 fully saturated rings. The maximum absolute atomic E-state index is 12.4. The maximum Gasteiger partial charge on any atom is 0.339 e. The van der Waals surface area contributed by atoms with E-state index in [1.807, 2.05) is 35.7 Å². The first-order valence-corrected chi connectivity index (χ1v) is 10.2. The van der Waals surface area contributed by atoms with Gasteiger partial charge in [0.2, 0.25) is 0 Å². The van der Waals surface area contributed by atoms with Crippen molar-refractivity contribution < 1.29 is 14.6 Å². The fourth-order valence-electron chi connectivity index (χ4n) is 3.00. The second-order valence-electron chi connectivity index (χ2n) is 6.44. The molecule has 0 atom stereocenters. The first-order valence-electron chi connectivity index (χ1n) is 9.29. The molecular formula is C22H24N2O3S. The SMILES string of the molecule is CCCCc1ncc(C=C(C(=O)OC)c2cccs2)n1Cc1ccccc1O. The normalized spacial score (nSPS) is 11.6. The molecule has 3 aromatic rings. The van der Waals surface area contributed by atoms with Gasteiger partial charge in [0.15, 0.2) is 0 Å². The van der Waals surface area contributed by atoms with Crippen molar-refractivity contribution in [3.63, 3.8) is 0 Å². The van der Waals surface area contributed by atoms with E-state index in [4.69, 9.17) is 4.74 Å². The monoisotopic (exact) mass is 396 g/mol. The molecule has 0 aliphatic rings. The van der Waals surface area contributed by atoms with Crippen LogP contribution in [0.4, 0.5) is 0 Å². The summed E-state index contributed by atoms with van der Waals surface area (Å²) in [5.74, 6) is 0.804. The van der Waals surface area contributed by atoms with Crippen LogP contribution in [0.1, 0.15) is 41.7 Å². The lowest BCUT2D eigenvalue weighted by atomic mass is 10.1. The van der Waals surface area contributed by atoms with Crippen LogP contribution in [0, 0.1) is 0 Å². The zero-order chi connectivity index (χ0) is 19.9. The Morgan fingerprint density at radius 2 is 2.11 bits per heavy atom. The molecule has 5 nitrogen and oxygen atoms in total. The largest absolute Gasteiger partial charge is 0.508 e. The number of rotatable bonds is 8. The first-order chi connectivity index (χ1) is 13.6. The number of ether oxygens (including phenoxy) is 1. The van der Waals surface area contributed by atoms with E-state index >= 15 is 0 Å². The van der Waals surface area contributed by atoms with Crippen LogP contribution in [0.2, 0.25) is 0 Å². The molecule has 0 amide bonds. The molecule has 2 aromatic heterocycles. The number of aromatic hydroxyl groups is 1.